The topological polar surface area (TPSA) is 70.6 Å². The molecular formula is C20H25N3O3S. The molecule has 1 fully saturated rings. The lowest BCUT2D eigenvalue weighted by Gasteiger charge is -2.34. The Balaban J connectivity index is 1.69. The van der Waals surface area contributed by atoms with Crippen molar-refractivity contribution in [3.8, 4) is 0 Å². The Morgan fingerprint density at radius 3 is 2.00 bits per heavy atom. The number of carbonyl (C=O) groups excluding carboxylic acids is 1. The summed E-state index contributed by atoms with van der Waals surface area (Å²) in [5.41, 5.74) is 1.63. The molecular weight excluding hydrogens is 362 g/mol. The molecule has 0 unspecified atom stereocenters. The van der Waals surface area contributed by atoms with Gasteiger partial charge in [-0.25, -0.2) is 8.42 Å². The molecule has 144 valence electrons. The van der Waals surface area contributed by atoms with Crippen molar-refractivity contribution in [2.75, 3.05) is 26.2 Å². The average molecular weight is 388 g/mol. The highest BCUT2D eigenvalue weighted by molar-refractivity contribution is 7.89. The zero-order valence-corrected chi connectivity index (χ0v) is 16.7. The van der Waals surface area contributed by atoms with Crippen molar-refractivity contribution < 1.29 is 13.2 Å². The van der Waals surface area contributed by atoms with Crippen molar-refractivity contribution in [2.24, 2.45) is 0 Å². The van der Waals surface area contributed by atoms with Crippen molar-refractivity contribution in [3.05, 3.63) is 59.9 Å². The fourth-order valence-electron chi connectivity index (χ4n) is 3.08. The van der Waals surface area contributed by atoms with Gasteiger partial charge < -0.3 is 4.90 Å². The van der Waals surface area contributed by atoms with E-state index in [-0.39, 0.29) is 11.3 Å². The molecule has 1 aliphatic rings. The van der Waals surface area contributed by atoms with Gasteiger partial charge in [-0.1, -0.05) is 32.9 Å². The summed E-state index contributed by atoms with van der Waals surface area (Å²) in [6.45, 7) is 7.61. The number of carbonyl (C=O) groups is 1. The molecule has 7 heteroatoms. The summed E-state index contributed by atoms with van der Waals surface area (Å²) in [5.74, 6) is -0.0935. The number of piperazine rings is 1. The molecule has 0 radical (unpaired) electrons. The van der Waals surface area contributed by atoms with Gasteiger partial charge in [-0.05, 0) is 35.2 Å². The van der Waals surface area contributed by atoms with E-state index in [0.29, 0.717) is 36.6 Å². The van der Waals surface area contributed by atoms with Gasteiger partial charge in [0.15, 0.2) is 0 Å². The van der Waals surface area contributed by atoms with Crippen LogP contribution < -0.4 is 0 Å². The molecule has 1 amide bonds. The predicted molar refractivity (Wildman–Crippen MR) is 104 cm³/mol. The van der Waals surface area contributed by atoms with Crippen molar-refractivity contribution in [2.45, 2.75) is 31.1 Å². The van der Waals surface area contributed by atoms with Crippen molar-refractivity contribution in [3.63, 3.8) is 0 Å². The Bertz CT molecular complexity index is 896. The van der Waals surface area contributed by atoms with E-state index in [1.54, 1.807) is 41.6 Å². The van der Waals surface area contributed by atoms with Crippen molar-refractivity contribution in [1.29, 1.82) is 0 Å². The van der Waals surface area contributed by atoms with Gasteiger partial charge in [0.05, 0.1) is 4.90 Å². The molecule has 0 atom stereocenters. The molecule has 27 heavy (non-hydrogen) atoms. The molecule has 3 rings (SSSR count). The first-order valence-corrected chi connectivity index (χ1v) is 10.4. The molecule has 1 saturated heterocycles. The first-order chi connectivity index (χ1) is 12.7. The van der Waals surface area contributed by atoms with Crippen LogP contribution in [0.15, 0.2) is 53.7 Å². The van der Waals surface area contributed by atoms with E-state index in [1.165, 1.54) is 4.31 Å². The second-order valence-corrected chi connectivity index (χ2v) is 9.64. The van der Waals surface area contributed by atoms with Crippen LogP contribution in [0.1, 0.15) is 36.7 Å². The molecule has 0 N–H and O–H groups in total. The van der Waals surface area contributed by atoms with Gasteiger partial charge in [-0.15, -0.1) is 0 Å². The zero-order chi connectivity index (χ0) is 19.7. The monoisotopic (exact) mass is 387 g/mol. The van der Waals surface area contributed by atoms with Crippen LogP contribution in [0.3, 0.4) is 0 Å². The van der Waals surface area contributed by atoms with Gasteiger partial charge in [-0.3, -0.25) is 9.78 Å². The van der Waals surface area contributed by atoms with Gasteiger partial charge in [0, 0.05) is 44.1 Å². The Morgan fingerprint density at radius 1 is 0.926 bits per heavy atom. The van der Waals surface area contributed by atoms with E-state index in [4.69, 9.17) is 0 Å². The highest BCUT2D eigenvalue weighted by Gasteiger charge is 2.30. The highest BCUT2D eigenvalue weighted by Crippen LogP contribution is 2.25. The first-order valence-electron chi connectivity index (χ1n) is 8.99. The number of hydrogen-bond donors (Lipinski definition) is 0. The molecule has 1 aliphatic heterocycles. The molecule has 1 aromatic heterocycles. The number of nitrogens with zero attached hydrogens (tertiary/aromatic N) is 3. The number of rotatable bonds is 3. The minimum Gasteiger partial charge on any atom is -0.336 e. The zero-order valence-electron chi connectivity index (χ0n) is 15.9. The maximum absolute atomic E-state index is 12.9. The number of sulfonamides is 1. The third-order valence-electron chi connectivity index (χ3n) is 4.81. The second-order valence-electron chi connectivity index (χ2n) is 7.71. The van der Waals surface area contributed by atoms with Gasteiger partial charge in [0.2, 0.25) is 10.0 Å². The summed E-state index contributed by atoms with van der Waals surface area (Å²) in [6.07, 6.45) is 3.16. The van der Waals surface area contributed by atoms with E-state index in [9.17, 15) is 13.2 Å². The number of hydrogen-bond acceptors (Lipinski definition) is 4. The lowest BCUT2D eigenvalue weighted by Crippen LogP contribution is -2.50. The number of amides is 1. The SMILES string of the molecule is CC(C)(C)c1ccc(S(=O)(=O)N2CCN(C(=O)c3ccncc3)CC2)cc1. The average Bonchev–Trinajstić information content (AvgIpc) is 2.67. The van der Waals surface area contributed by atoms with Crippen LogP contribution >= 0.6 is 0 Å². The molecule has 0 spiro atoms. The summed E-state index contributed by atoms with van der Waals surface area (Å²) in [5, 5.41) is 0. The third-order valence-corrected chi connectivity index (χ3v) is 6.72. The van der Waals surface area contributed by atoms with Gasteiger partial charge in [-0.2, -0.15) is 4.31 Å². The third kappa shape index (κ3) is 4.20. The summed E-state index contributed by atoms with van der Waals surface area (Å²) in [4.78, 5) is 18.4. The Kier molecular flexibility index (Phi) is 5.35. The lowest BCUT2D eigenvalue weighted by molar-refractivity contribution is 0.0698. The molecule has 0 saturated carbocycles. The molecule has 0 bridgehead atoms. The number of benzene rings is 1. The summed E-state index contributed by atoms with van der Waals surface area (Å²) in [6, 6.07) is 10.4. The summed E-state index contributed by atoms with van der Waals surface area (Å²) >= 11 is 0. The molecule has 2 aromatic rings. The van der Waals surface area contributed by atoms with E-state index >= 15 is 0 Å². The normalized spacial score (nSPS) is 16.3. The van der Waals surface area contributed by atoms with Crippen LogP contribution in [0.25, 0.3) is 0 Å². The lowest BCUT2D eigenvalue weighted by atomic mass is 9.87. The van der Waals surface area contributed by atoms with E-state index < -0.39 is 10.0 Å². The molecule has 6 nitrogen and oxygen atoms in total. The maximum Gasteiger partial charge on any atom is 0.254 e. The highest BCUT2D eigenvalue weighted by atomic mass is 32.2. The summed E-state index contributed by atoms with van der Waals surface area (Å²) < 4.78 is 27.3. The van der Waals surface area contributed by atoms with Crippen LogP contribution in [0.4, 0.5) is 0 Å². The first kappa shape index (κ1) is 19.5. The minimum absolute atomic E-state index is 0.0266. The van der Waals surface area contributed by atoms with Crippen LogP contribution in [-0.4, -0.2) is 54.7 Å². The van der Waals surface area contributed by atoms with Crippen molar-refractivity contribution >= 4 is 15.9 Å². The van der Waals surface area contributed by atoms with Gasteiger partial charge >= 0.3 is 0 Å². The number of aromatic nitrogens is 1. The standard InChI is InChI=1S/C20H25N3O3S/c1-20(2,3)17-4-6-18(7-5-17)27(25,26)23-14-12-22(13-15-23)19(24)16-8-10-21-11-9-16/h4-11H,12-15H2,1-3H3. The maximum atomic E-state index is 12.9. The van der Waals surface area contributed by atoms with Crippen LogP contribution in [0.5, 0.6) is 0 Å². The second kappa shape index (κ2) is 7.40. The van der Waals surface area contributed by atoms with Crippen molar-refractivity contribution in [1.82, 2.24) is 14.2 Å². The minimum atomic E-state index is -3.55. The van der Waals surface area contributed by atoms with Gasteiger partial charge in [0.1, 0.15) is 0 Å². The fraction of sp³-hybridized carbons (Fsp3) is 0.400. The Morgan fingerprint density at radius 2 is 1.48 bits per heavy atom. The number of pyridine rings is 1. The van der Waals surface area contributed by atoms with Crippen LogP contribution in [0.2, 0.25) is 0 Å². The van der Waals surface area contributed by atoms with E-state index in [1.807, 2.05) is 12.1 Å². The molecule has 0 aliphatic carbocycles. The molecule has 2 heterocycles. The van der Waals surface area contributed by atoms with E-state index in [2.05, 4.69) is 25.8 Å². The predicted octanol–water partition coefficient (Wildman–Crippen LogP) is 2.53. The fourth-order valence-corrected chi connectivity index (χ4v) is 4.51. The summed E-state index contributed by atoms with van der Waals surface area (Å²) in [7, 11) is -3.55. The van der Waals surface area contributed by atoms with Crippen LogP contribution in [-0.2, 0) is 15.4 Å². The molecule has 1 aromatic carbocycles. The Labute approximate surface area is 160 Å². The quantitative estimate of drug-likeness (QED) is 0.811. The largest absolute Gasteiger partial charge is 0.336 e. The Hall–Kier alpha value is -2.25. The van der Waals surface area contributed by atoms with Gasteiger partial charge in [0.25, 0.3) is 5.91 Å². The van der Waals surface area contributed by atoms with Crippen LogP contribution in [0, 0.1) is 0 Å². The van der Waals surface area contributed by atoms with E-state index in [0.717, 1.165) is 5.56 Å². The smallest absolute Gasteiger partial charge is 0.254 e.